The number of rotatable bonds is 9. The smallest absolute Gasteiger partial charge is 0.307 e. The van der Waals surface area contributed by atoms with E-state index >= 15 is 0 Å². The van der Waals surface area contributed by atoms with Gasteiger partial charge in [0.15, 0.2) is 0 Å². The predicted octanol–water partition coefficient (Wildman–Crippen LogP) is 3.12. The Hall–Kier alpha value is -1.39. The number of benzene rings is 1. The van der Waals surface area contributed by atoms with E-state index < -0.39 is 6.10 Å². The molecule has 0 aromatic heterocycles. The van der Waals surface area contributed by atoms with Crippen LogP contribution in [-0.4, -0.2) is 42.7 Å². The van der Waals surface area contributed by atoms with Crippen LogP contribution in [0.4, 0.5) is 0 Å². The number of ether oxygens (including phenoxy) is 1. The summed E-state index contributed by atoms with van der Waals surface area (Å²) in [5.41, 5.74) is 2.23. The van der Waals surface area contributed by atoms with Gasteiger partial charge in [-0.15, -0.1) is 0 Å². The summed E-state index contributed by atoms with van der Waals surface area (Å²) in [7, 11) is 1.95. The van der Waals surface area contributed by atoms with Crippen LogP contribution in [0, 0.1) is 0 Å². The summed E-state index contributed by atoms with van der Waals surface area (Å²) >= 11 is 0. The largest absolute Gasteiger partial charge is 0.466 e. The number of aliphatic hydroxyl groups is 1. The minimum atomic E-state index is -0.466. The number of esters is 1. The van der Waals surface area contributed by atoms with Gasteiger partial charge in [-0.25, -0.2) is 0 Å². The Balaban J connectivity index is 2.35. The monoisotopic (exact) mass is 307 g/mol. The summed E-state index contributed by atoms with van der Waals surface area (Å²) in [5.74, 6) is 0.333. The van der Waals surface area contributed by atoms with Gasteiger partial charge in [-0.2, -0.15) is 0 Å². The summed E-state index contributed by atoms with van der Waals surface area (Å²) in [6.45, 7) is 7.94. The molecule has 1 aromatic carbocycles. The highest BCUT2D eigenvalue weighted by atomic mass is 16.5. The third-order valence-electron chi connectivity index (χ3n) is 3.78. The lowest BCUT2D eigenvalue weighted by atomic mass is 9.99. The average molecular weight is 307 g/mol. The molecule has 1 aromatic rings. The maximum absolute atomic E-state index is 11.3. The molecule has 124 valence electrons. The highest BCUT2D eigenvalue weighted by Crippen LogP contribution is 2.20. The van der Waals surface area contributed by atoms with Crippen LogP contribution < -0.4 is 0 Å². The van der Waals surface area contributed by atoms with E-state index in [4.69, 9.17) is 4.74 Å². The van der Waals surface area contributed by atoms with Gasteiger partial charge in [-0.05, 0) is 37.4 Å². The third kappa shape index (κ3) is 6.58. The molecule has 1 rings (SSSR count). The fraction of sp³-hybridized carbons (Fsp3) is 0.611. The van der Waals surface area contributed by atoms with Gasteiger partial charge in [0, 0.05) is 13.1 Å². The first-order valence-corrected chi connectivity index (χ1v) is 8.06. The molecule has 0 aliphatic carbocycles. The fourth-order valence-electron chi connectivity index (χ4n) is 2.24. The lowest BCUT2D eigenvalue weighted by Crippen LogP contribution is -2.25. The van der Waals surface area contributed by atoms with Crippen molar-refractivity contribution in [1.29, 1.82) is 0 Å². The van der Waals surface area contributed by atoms with E-state index in [0.29, 0.717) is 31.9 Å². The summed E-state index contributed by atoms with van der Waals surface area (Å²) in [5, 5.41) is 10.2. The van der Waals surface area contributed by atoms with Crippen molar-refractivity contribution in [3.05, 3.63) is 35.4 Å². The number of hydrogen-bond donors (Lipinski definition) is 1. The van der Waals surface area contributed by atoms with Gasteiger partial charge >= 0.3 is 5.97 Å². The van der Waals surface area contributed by atoms with Gasteiger partial charge in [-0.1, -0.05) is 38.1 Å². The molecule has 4 nitrogen and oxygen atoms in total. The van der Waals surface area contributed by atoms with E-state index in [2.05, 4.69) is 26.0 Å². The second-order valence-electron chi connectivity index (χ2n) is 5.98. The van der Waals surface area contributed by atoms with E-state index in [1.807, 2.05) is 31.0 Å². The van der Waals surface area contributed by atoms with Crippen molar-refractivity contribution >= 4 is 5.97 Å². The first-order chi connectivity index (χ1) is 10.4. The highest BCUT2D eigenvalue weighted by Gasteiger charge is 2.11. The molecule has 1 unspecified atom stereocenters. The summed E-state index contributed by atoms with van der Waals surface area (Å²) < 4.78 is 4.90. The van der Waals surface area contributed by atoms with Gasteiger partial charge in [0.05, 0.1) is 19.1 Å². The van der Waals surface area contributed by atoms with Crippen molar-refractivity contribution in [3.63, 3.8) is 0 Å². The molecule has 0 amide bonds. The summed E-state index contributed by atoms with van der Waals surface area (Å²) in [6.07, 6.45) is 0.579. The predicted molar refractivity (Wildman–Crippen MR) is 88.9 cm³/mol. The van der Waals surface area contributed by atoms with E-state index in [-0.39, 0.29) is 5.97 Å². The van der Waals surface area contributed by atoms with Gasteiger partial charge in [0.1, 0.15) is 0 Å². The molecule has 0 aliphatic heterocycles. The SMILES string of the molecule is CCOC(=O)CCN(C)CCC(O)c1ccc(C(C)C)cc1. The Labute approximate surface area is 134 Å². The Morgan fingerprint density at radius 1 is 1.18 bits per heavy atom. The molecule has 1 atom stereocenters. The highest BCUT2D eigenvalue weighted by molar-refractivity contribution is 5.69. The quantitative estimate of drug-likeness (QED) is 0.712. The van der Waals surface area contributed by atoms with Gasteiger partial charge in [0.2, 0.25) is 0 Å². The first kappa shape index (κ1) is 18.7. The topological polar surface area (TPSA) is 49.8 Å². The van der Waals surface area contributed by atoms with Crippen molar-refractivity contribution in [3.8, 4) is 0 Å². The van der Waals surface area contributed by atoms with E-state index in [9.17, 15) is 9.90 Å². The van der Waals surface area contributed by atoms with Crippen LogP contribution in [-0.2, 0) is 9.53 Å². The summed E-state index contributed by atoms with van der Waals surface area (Å²) in [6, 6.07) is 8.15. The Morgan fingerprint density at radius 3 is 2.32 bits per heavy atom. The van der Waals surface area contributed by atoms with Crippen LogP contribution in [0.1, 0.15) is 56.8 Å². The Bertz CT molecular complexity index is 442. The van der Waals surface area contributed by atoms with Gasteiger partial charge in [0.25, 0.3) is 0 Å². The Kier molecular flexibility index (Phi) is 8.13. The zero-order valence-electron chi connectivity index (χ0n) is 14.2. The molecule has 22 heavy (non-hydrogen) atoms. The number of carbonyl (C=O) groups excluding carboxylic acids is 1. The maximum atomic E-state index is 11.3. The normalized spacial score (nSPS) is 12.7. The minimum absolute atomic E-state index is 0.167. The summed E-state index contributed by atoms with van der Waals surface area (Å²) in [4.78, 5) is 13.3. The van der Waals surface area contributed by atoms with Crippen molar-refractivity contribution in [2.24, 2.45) is 0 Å². The molecule has 0 saturated carbocycles. The number of nitrogens with zero attached hydrogens (tertiary/aromatic N) is 1. The molecule has 0 heterocycles. The van der Waals surface area contributed by atoms with Crippen LogP contribution >= 0.6 is 0 Å². The zero-order chi connectivity index (χ0) is 16.5. The second-order valence-corrected chi connectivity index (χ2v) is 5.98. The van der Waals surface area contributed by atoms with Gasteiger partial charge < -0.3 is 14.7 Å². The van der Waals surface area contributed by atoms with Crippen LogP contribution in [0.15, 0.2) is 24.3 Å². The van der Waals surface area contributed by atoms with Crippen LogP contribution in [0.2, 0.25) is 0 Å². The Morgan fingerprint density at radius 2 is 1.77 bits per heavy atom. The number of carbonyl (C=O) groups is 1. The van der Waals surface area contributed by atoms with Crippen molar-refractivity contribution in [2.45, 2.75) is 45.6 Å². The van der Waals surface area contributed by atoms with Crippen molar-refractivity contribution < 1.29 is 14.6 Å². The number of aliphatic hydroxyl groups excluding tert-OH is 1. The van der Waals surface area contributed by atoms with Gasteiger partial charge in [-0.3, -0.25) is 4.79 Å². The third-order valence-corrected chi connectivity index (χ3v) is 3.78. The van der Waals surface area contributed by atoms with E-state index in [1.54, 1.807) is 0 Å². The first-order valence-electron chi connectivity index (χ1n) is 8.06. The molecule has 0 aliphatic rings. The van der Waals surface area contributed by atoms with Crippen LogP contribution in [0.25, 0.3) is 0 Å². The molecule has 0 bridgehead atoms. The molecule has 0 saturated heterocycles. The van der Waals surface area contributed by atoms with E-state index in [0.717, 1.165) is 12.1 Å². The lowest BCUT2D eigenvalue weighted by Gasteiger charge is -2.19. The van der Waals surface area contributed by atoms with E-state index in [1.165, 1.54) is 5.56 Å². The molecular weight excluding hydrogens is 278 g/mol. The zero-order valence-corrected chi connectivity index (χ0v) is 14.2. The molecule has 0 radical (unpaired) electrons. The number of hydrogen-bond acceptors (Lipinski definition) is 4. The molecule has 0 fully saturated rings. The lowest BCUT2D eigenvalue weighted by molar-refractivity contribution is -0.143. The van der Waals surface area contributed by atoms with Crippen molar-refractivity contribution in [2.75, 3.05) is 26.7 Å². The van der Waals surface area contributed by atoms with Crippen molar-refractivity contribution in [1.82, 2.24) is 4.90 Å². The molecule has 4 heteroatoms. The minimum Gasteiger partial charge on any atom is -0.466 e. The molecule has 0 spiro atoms. The standard InChI is InChI=1S/C18H29NO3/c1-5-22-18(21)11-13-19(4)12-10-17(20)16-8-6-15(7-9-16)14(2)3/h6-9,14,17,20H,5,10-13H2,1-4H3. The van der Waals surface area contributed by atoms with Crippen LogP contribution in [0.3, 0.4) is 0 Å². The fourth-order valence-corrected chi connectivity index (χ4v) is 2.24. The molecular formula is C18H29NO3. The average Bonchev–Trinajstić information content (AvgIpc) is 2.51. The molecule has 1 N–H and O–H groups in total. The second kappa shape index (κ2) is 9.59. The van der Waals surface area contributed by atoms with Crippen LogP contribution in [0.5, 0.6) is 0 Å². The maximum Gasteiger partial charge on any atom is 0.307 e.